The fourth-order valence-electron chi connectivity index (χ4n) is 2.94. The summed E-state index contributed by atoms with van der Waals surface area (Å²) in [6, 6.07) is 20.8. The quantitative estimate of drug-likeness (QED) is 0.602. The Balaban J connectivity index is 1.75. The molecule has 0 bridgehead atoms. The first kappa shape index (κ1) is 22.0. The summed E-state index contributed by atoms with van der Waals surface area (Å²) in [4.78, 5) is 12.5. The molecular formula is C23H20FN3O3S. The Morgan fingerprint density at radius 2 is 1.55 bits per heavy atom. The van der Waals surface area contributed by atoms with Crippen LogP contribution in [0, 0.1) is 17.1 Å². The minimum absolute atomic E-state index is 0.0414. The second kappa shape index (κ2) is 9.41. The number of rotatable bonds is 7. The topological polar surface area (TPSA) is 90.3 Å². The van der Waals surface area contributed by atoms with E-state index in [4.69, 9.17) is 5.26 Å². The van der Waals surface area contributed by atoms with Gasteiger partial charge in [-0.3, -0.25) is 9.10 Å². The molecule has 0 radical (unpaired) electrons. The second-order valence-electron chi connectivity index (χ2n) is 6.93. The van der Waals surface area contributed by atoms with Crippen molar-refractivity contribution in [3.63, 3.8) is 0 Å². The monoisotopic (exact) mass is 437 g/mol. The summed E-state index contributed by atoms with van der Waals surface area (Å²) in [6.07, 6.45) is 1.39. The highest BCUT2D eigenvalue weighted by Crippen LogP contribution is 2.22. The van der Waals surface area contributed by atoms with Gasteiger partial charge in [-0.15, -0.1) is 0 Å². The lowest BCUT2D eigenvalue weighted by molar-refractivity contribution is 0.102. The molecule has 8 heteroatoms. The van der Waals surface area contributed by atoms with Crippen LogP contribution in [0.2, 0.25) is 0 Å². The number of benzene rings is 3. The van der Waals surface area contributed by atoms with Gasteiger partial charge in [0.25, 0.3) is 5.91 Å². The highest BCUT2D eigenvalue weighted by molar-refractivity contribution is 7.92. The molecule has 31 heavy (non-hydrogen) atoms. The first-order valence-electron chi connectivity index (χ1n) is 9.36. The molecule has 1 amide bonds. The standard InChI is InChI=1S/C23H20FN3O3S/c1-31(29,30)27(16-18-2-8-20(24)9-3-18)22-12-6-19(7-13-22)23(28)26-21-10-4-17(5-11-21)14-15-25/h2-13H,14,16H2,1H3,(H,26,28). The summed E-state index contributed by atoms with van der Waals surface area (Å²) < 4.78 is 38.9. The molecule has 0 unspecified atom stereocenters. The third kappa shape index (κ3) is 5.90. The molecule has 158 valence electrons. The van der Waals surface area contributed by atoms with Crippen LogP contribution in [0.15, 0.2) is 72.8 Å². The van der Waals surface area contributed by atoms with Crippen LogP contribution in [0.3, 0.4) is 0 Å². The van der Waals surface area contributed by atoms with Crippen LogP contribution < -0.4 is 9.62 Å². The number of hydrogen-bond donors (Lipinski definition) is 1. The molecule has 0 aliphatic heterocycles. The lowest BCUT2D eigenvalue weighted by Crippen LogP contribution is -2.29. The maximum atomic E-state index is 13.1. The molecule has 0 aliphatic rings. The van der Waals surface area contributed by atoms with Crippen LogP contribution in [-0.4, -0.2) is 20.6 Å². The molecular weight excluding hydrogens is 417 g/mol. The van der Waals surface area contributed by atoms with E-state index in [1.165, 1.54) is 40.7 Å². The van der Waals surface area contributed by atoms with Gasteiger partial charge in [0.05, 0.1) is 31.0 Å². The van der Waals surface area contributed by atoms with Crippen LogP contribution in [0.1, 0.15) is 21.5 Å². The summed E-state index contributed by atoms with van der Waals surface area (Å²) >= 11 is 0. The average molecular weight is 437 g/mol. The molecule has 0 fully saturated rings. The van der Waals surface area contributed by atoms with Crippen LogP contribution >= 0.6 is 0 Å². The maximum absolute atomic E-state index is 13.1. The number of amides is 1. The number of nitrogens with zero attached hydrogens (tertiary/aromatic N) is 2. The minimum atomic E-state index is -3.60. The van der Waals surface area contributed by atoms with E-state index >= 15 is 0 Å². The number of carbonyl (C=O) groups excluding carboxylic acids is 1. The van der Waals surface area contributed by atoms with Crippen molar-refractivity contribution in [3.8, 4) is 6.07 Å². The molecule has 0 saturated carbocycles. The Labute approximate surface area is 180 Å². The van der Waals surface area contributed by atoms with Crippen LogP contribution in [0.5, 0.6) is 0 Å². The molecule has 0 aromatic heterocycles. The summed E-state index contributed by atoms with van der Waals surface area (Å²) in [7, 11) is -3.60. The number of carbonyl (C=O) groups is 1. The number of nitrogens with one attached hydrogen (secondary N) is 1. The van der Waals surface area contributed by atoms with E-state index in [-0.39, 0.29) is 12.5 Å². The molecule has 0 spiro atoms. The Morgan fingerprint density at radius 3 is 2.10 bits per heavy atom. The molecule has 3 aromatic rings. The predicted molar refractivity (Wildman–Crippen MR) is 118 cm³/mol. The molecule has 0 saturated heterocycles. The zero-order valence-corrected chi connectivity index (χ0v) is 17.6. The van der Waals surface area contributed by atoms with Gasteiger partial charge in [-0.1, -0.05) is 24.3 Å². The molecule has 0 atom stereocenters. The summed E-state index contributed by atoms with van der Waals surface area (Å²) in [6.45, 7) is 0.0414. The van der Waals surface area contributed by atoms with Gasteiger partial charge in [-0.25, -0.2) is 12.8 Å². The molecule has 0 heterocycles. The van der Waals surface area contributed by atoms with E-state index in [1.54, 1.807) is 36.4 Å². The summed E-state index contributed by atoms with van der Waals surface area (Å²) in [5.74, 6) is -0.742. The van der Waals surface area contributed by atoms with Crippen molar-refractivity contribution in [2.45, 2.75) is 13.0 Å². The first-order chi connectivity index (χ1) is 14.8. The molecule has 3 aromatic carbocycles. The summed E-state index contributed by atoms with van der Waals surface area (Å²) in [5.41, 5.74) is 2.83. The highest BCUT2D eigenvalue weighted by Gasteiger charge is 2.18. The van der Waals surface area contributed by atoms with Crippen molar-refractivity contribution < 1.29 is 17.6 Å². The fraction of sp³-hybridized carbons (Fsp3) is 0.130. The van der Waals surface area contributed by atoms with Gasteiger partial charge in [-0.05, 0) is 59.7 Å². The van der Waals surface area contributed by atoms with E-state index in [2.05, 4.69) is 11.4 Å². The van der Waals surface area contributed by atoms with E-state index in [1.807, 2.05) is 0 Å². The van der Waals surface area contributed by atoms with E-state index < -0.39 is 15.8 Å². The van der Waals surface area contributed by atoms with Crippen LogP contribution in [0.4, 0.5) is 15.8 Å². The van der Waals surface area contributed by atoms with Crippen molar-refractivity contribution in [2.75, 3.05) is 15.9 Å². The maximum Gasteiger partial charge on any atom is 0.255 e. The van der Waals surface area contributed by atoms with Gasteiger partial charge in [-0.2, -0.15) is 5.26 Å². The van der Waals surface area contributed by atoms with Crippen molar-refractivity contribution >= 4 is 27.3 Å². The molecule has 6 nitrogen and oxygen atoms in total. The molecule has 1 N–H and O–H groups in total. The van der Waals surface area contributed by atoms with Gasteiger partial charge in [0.15, 0.2) is 0 Å². The highest BCUT2D eigenvalue weighted by atomic mass is 32.2. The summed E-state index contributed by atoms with van der Waals surface area (Å²) in [5, 5.41) is 11.5. The zero-order valence-electron chi connectivity index (χ0n) is 16.7. The predicted octanol–water partition coefficient (Wildman–Crippen LogP) is 4.11. The molecule has 3 rings (SSSR count). The number of sulfonamides is 1. The van der Waals surface area contributed by atoms with E-state index in [0.717, 1.165) is 11.8 Å². The second-order valence-corrected chi connectivity index (χ2v) is 8.84. The Morgan fingerprint density at radius 1 is 0.968 bits per heavy atom. The van der Waals surface area contributed by atoms with Crippen molar-refractivity contribution in [3.05, 3.63) is 95.3 Å². The minimum Gasteiger partial charge on any atom is -0.322 e. The number of hydrogen-bond acceptors (Lipinski definition) is 4. The Kier molecular flexibility index (Phi) is 6.68. The lowest BCUT2D eigenvalue weighted by atomic mass is 10.1. The third-order valence-electron chi connectivity index (χ3n) is 4.55. The lowest BCUT2D eigenvalue weighted by Gasteiger charge is -2.22. The van der Waals surface area contributed by atoms with E-state index in [0.29, 0.717) is 28.9 Å². The third-order valence-corrected chi connectivity index (χ3v) is 5.69. The smallest absolute Gasteiger partial charge is 0.255 e. The average Bonchev–Trinajstić information content (AvgIpc) is 2.74. The fourth-order valence-corrected chi connectivity index (χ4v) is 3.82. The first-order valence-corrected chi connectivity index (χ1v) is 11.2. The van der Waals surface area contributed by atoms with Crippen molar-refractivity contribution in [1.29, 1.82) is 5.26 Å². The zero-order chi connectivity index (χ0) is 22.4. The van der Waals surface area contributed by atoms with Gasteiger partial charge in [0.2, 0.25) is 10.0 Å². The molecule has 0 aliphatic carbocycles. The van der Waals surface area contributed by atoms with Gasteiger partial charge >= 0.3 is 0 Å². The van der Waals surface area contributed by atoms with Crippen molar-refractivity contribution in [1.82, 2.24) is 0 Å². The SMILES string of the molecule is CS(=O)(=O)N(Cc1ccc(F)cc1)c1ccc(C(=O)Nc2ccc(CC#N)cc2)cc1. The number of anilines is 2. The largest absolute Gasteiger partial charge is 0.322 e. The van der Waals surface area contributed by atoms with Gasteiger partial charge in [0.1, 0.15) is 5.82 Å². The van der Waals surface area contributed by atoms with Crippen LogP contribution in [0.25, 0.3) is 0 Å². The van der Waals surface area contributed by atoms with Crippen molar-refractivity contribution in [2.24, 2.45) is 0 Å². The van der Waals surface area contributed by atoms with Gasteiger partial charge < -0.3 is 5.32 Å². The van der Waals surface area contributed by atoms with E-state index in [9.17, 15) is 17.6 Å². The Bertz CT molecular complexity index is 1200. The normalized spacial score (nSPS) is 10.9. The van der Waals surface area contributed by atoms with Crippen LogP contribution in [-0.2, 0) is 23.0 Å². The Hall–Kier alpha value is -3.70. The van der Waals surface area contributed by atoms with Gasteiger partial charge in [0, 0.05) is 11.3 Å². The number of nitriles is 1. The number of halogens is 1.